The van der Waals surface area contributed by atoms with Gasteiger partial charge in [0.1, 0.15) is 10.8 Å². The molecular weight excluding hydrogens is 392 g/mol. The van der Waals surface area contributed by atoms with Gasteiger partial charge < -0.3 is 15.7 Å². The van der Waals surface area contributed by atoms with Gasteiger partial charge >= 0.3 is 5.69 Å². The van der Waals surface area contributed by atoms with E-state index in [1.54, 1.807) is 6.92 Å². The van der Waals surface area contributed by atoms with Crippen LogP contribution in [0.15, 0.2) is 24.3 Å². The molecule has 0 aliphatic heterocycles. The monoisotopic (exact) mass is 414 g/mol. The molecule has 0 spiro atoms. The molecule has 1 aliphatic carbocycles. The summed E-state index contributed by atoms with van der Waals surface area (Å²) in [6.45, 7) is 2.01. The summed E-state index contributed by atoms with van der Waals surface area (Å²) < 4.78 is 1.06. The minimum atomic E-state index is -0.544. The highest BCUT2D eigenvalue weighted by molar-refractivity contribution is 7.18. The van der Waals surface area contributed by atoms with E-state index in [9.17, 15) is 15.2 Å². The van der Waals surface area contributed by atoms with E-state index in [1.807, 2.05) is 24.3 Å². The van der Waals surface area contributed by atoms with E-state index < -0.39 is 11.0 Å². The Labute approximate surface area is 171 Å². The van der Waals surface area contributed by atoms with Gasteiger partial charge in [-0.2, -0.15) is 0 Å². The molecule has 10 heteroatoms. The van der Waals surface area contributed by atoms with Crippen LogP contribution in [0.3, 0.4) is 0 Å². The zero-order valence-electron chi connectivity index (χ0n) is 16.0. The van der Waals surface area contributed by atoms with Crippen LogP contribution >= 0.6 is 11.3 Å². The number of aliphatic hydroxyl groups is 1. The fraction of sp³-hybridized carbons (Fsp3) is 0.421. The lowest BCUT2D eigenvalue weighted by molar-refractivity contribution is -0.383. The fourth-order valence-corrected chi connectivity index (χ4v) is 4.48. The van der Waals surface area contributed by atoms with Crippen molar-refractivity contribution in [2.24, 2.45) is 0 Å². The number of aliphatic hydroxyl groups excluding tert-OH is 1. The van der Waals surface area contributed by atoms with Gasteiger partial charge in [-0.05, 0) is 31.9 Å². The van der Waals surface area contributed by atoms with E-state index in [4.69, 9.17) is 0 Å². The van der Waals surface area contributed by atoms with Crippen LogP contribution in [0.4, 0.5) is 17.3 Å². The van der Waals surface area contributed by atoms with Crippen LogP contribution < -0.4 is 10.6 Å². The molecule has 1 saturated carbocycles. The standard InChI is InChI=1S/C19H22N6O3S/c1-11-21-18(20-10-16-23-13-7-3-5-9-15(13)29-16)17(25(27)28)19(22-11)24-12-6-2-4-8-14(12)26/h3,5,7,9,12,14,26H,2,4,6,8,10H2,1H3,(H2,20,21,22,24)/t12-,14-/m0/s1. The number of para-hydroxylation sites is 1. The van der Waals surface area contributed by atoms with Crippen molar-refractivity contribution in [2.75, 3.05) is 10.6 Å². The van der Waals surface area contributed by atoms with Gasteiger partial charge in [0, 0.05) is 0 Å². The van der Waals surface area contributed by atoms with E-state index >= 15 is 0 Å². The van der Waals surface area contributed by atoms with E-state index in [-0.39, 0.29) is 23.4 Å². The molecule has 0 unspecified atom stereocenters. The average molecular weight is 414 g/mol. The third-order valence-electron chi connectivity index (χ3n) is 4.98. The SMILES string of the molecule is Cc1nc(NCc2nc3ccccc3s2)c([N+](=O)[O-])c(N[C@H]2CCCC[C@@H]2O)n1. The first kappa shape index (κ1) is 19.5. The number of anilines is 2. The number of hydrogen-bond donors (Lipinski definition) is 3. The number of benzene rings is 1. The predicted molar refractivity (Wildman–Crippen MR) is 112 cm³/mol. The minimum absolute atomic E-state index is 0.139. The molecule has 0 saturated heterocycles. The summed E-state index contributed by atoms with van der Waals surface area (Å²) in [4.78, 5) is 24.3. The lowest BCUT2D eigenvalue weighted by atomic mass is 9.92. The number of rotatable bonds is 6. The molecule has 3 aromatic rings. The Balaban J connectivity index is 1.59. The molecule has 0 radical (unpaired) electrons. The number of nitro groups is 1. The molecule has 1 aromatic carbocycles. The van der Waals surface area contributed by atoms with E-state index in [2.05, 4.69) is 25.6 Å². The van der Waals surface area contributed by atoms with Crippen molar-refractivity contribution < 1.29 is 10.0 Å². The van der Waals surface area contributed by atoms with Crippen LogP contribution in [0.2, 0.25) is 0 Å². The van der Waals surface area contributed by atoms with Gasteiger partial charge in [-0.1, -0.05) is 25.0 Å². The van der Waals surface area contributed by atoms with E-state index in [0.29, 0.717) is 18.8 Å². The topological polar surface area (TPSA) is 126 Å². The molecule has 0 amide bonds. The molecule has 9 nitrogen and oxygen atoms in total. The Bertz CT molecular complexity index is 1010. The van der Waals surface area contributed by atoms with Crippen LogP contribution in [-0.2, 0) is 6.54 Å². The molecule has 4 rings (SSSR count). The quantitative estimate of drug-likeness (QED) is 0.412. The second-order valence-corrected chi connectivity index (χ2v) is 8.22. The first-order valence-corrected chi connectivity index (χ1v) is 10.4. The fourth-order valence-electron chi connectivity index (χ4n) is 3.57. The van der Waals surface area contributed by atoms with Gasteiger partial charge in [-0.3, -0.25) is 10.1 Å². The minimum Gasteiger partial charge on any atom is -0.391 e. The first-order chi connectivity index (χ1) is 14.0. The van der Waals surface area contributed by atoms with Crippen molar-refractivity contribution in [3.8, 4) is 0 Å². The molecule has 1 fully saturated rings. The number of aryl methyl sites for hydroxylation is 1. The van der Waals surface area contributed by atoms with Crippen molar-refractivity contribution in [1.82, 2.24) is 15.0 Å². The first-order valence-electron chi connectivity index (χ1n) is 9.57. The molecule has 3 N–H and O–H groups in total. The summed E-state index contributed by atoms with van der Waals surface area (Å²) in [6, 6.07) is 7.55. The number of aromatic nitrogens is 3. The highest BCUT2D eigenvalue weighted by atomic mass is 32.1. The Morgan fingerprint density at radius 2 is 1.97 bits per heavy atom. The Morgan fingerprint density at radius 3 is 2.72 bits per heavy atom. The number of nitrogens with one attached hydrogen (secondary N) is 2. The van der Waals surface area contributed by atoms with Gasteiger partial charge in [0.15, 0.2) is 0 Å². The predicted octanol–water partition coefficient (Wildman–Crippen LogP) is 3.63. The maximum atomic E-state index is 11.8. The molecule has 2 aromatic heterocycles. The molecule has 152 valence electrons. The Morgan fingerprint density at radius 1 is 1.21 bits per heavy atom. The van der Waals surface area contributed by atoms with Crippen molar-refractivity contribution in [3.05, 3.63) is 45.2 Å². The van der Waals surface area contributed by atoms with Crippen LogP contribution in [0.1, 0.15) is 36.5 Å². The van der Waals surface area contributed by atoms with Gasteiger partial charge in [-0.25, -0.2) is 15.0 Å². The average Bonchev–Trinajstić information content (AvgIpc) is 3.10. The zero-order valence-corrected chi connectivity index (χ0v) is 16.8. The molecule has 2 atom stereocenters. The smallest absolute Gasteiger partial charge is 0.353 e. The normalized spacial score (nSPS) is 19.2. The summed E-state index contributed by atoms with van der Waals surface area (Å²) in [5.41, 5.74) is 0.686. The zero-order chi connectivity index (χ0) is 20.4. The van der Waals surface area contributed by atoms with Gasteiger partial charge in [0.05, 0.1) is 33.8 Å². The third kappa shape index (κ3) is 4.28. The van der Waals surface area contributed by atoms with Crippen LogP contribution in [0.5, 0.6) is 0 Å². The van der Waals surface area contributed by atoms with Crippen molar-refractivity contribution >= 4 is 38.9 Å². The Hall–Kier alpha value is -2.85. The molecular formula is C19H22N6O3S. The number of nitrogens with zero attached hydrogens (tertiary/aromatic N) is 4. The van der Waals surface area contributed by atoms with Crippen LogP contribution in [0.25, 0.3) is 10.2 Å². The lowest BCUT2D eigenvalue weighted by Crippen LogP contribution is -2.36. The summed E-state index contributed by atoms with van der Waals surface area (Å²) in [5, 5.41) is 29.0. The number of hydrogen-bond acceptors (Lipinski definition) is 9. The van der Waals surface area contributed by atoms with Crippen molar-refractivity contribution in [1.29, 1.82) is 0 Å². The highest BCUT2D eigenvalue weighted by Crippen LogP contribution is 2.33. The van der Waals surface area contributed by atoms with Crippen LogP contribution in [-0.4, -0.2) is 37.1 Å². The van der Waals surface area contributed by atoms with Gasteiger partial charge in [0.25, 0.3) is 0 Å². The van der Waals surface area contributed by atoms with Gasteiger partial charge in [0.2, 0.25) is 11.6 Å². The second kappa shape index (κ2) is 8.26. The van der Waals surface area contributed by atoms with Crippen molar-refractivity contribution in [3.63, 3.8) is 0 Å². The number of fused-ring (bicyclic) bond motifs is 1. The van der Waals surface area contributed by atoms with Gasteiger partial charge in [-0.15, -0.1) is 11.3 Å². The molecule has 0 bridgehead atoms. The molecule has 29 heavy (non-hydrogen) atoms. The molecule has 1 aliphatic rings. The summed E-state index contributed by atoms with van der Waals surface area (Å²) in [7, 11) is 0. The van der Waals surface area contributed by atoms with E-state index in [0.717, 1.165) is 34.5 Å². The van der Waals surface area contributed by atoms with E-state index in [1.165, 1.54) is 11.3 Å². The van der Waals surface area contributed by atoms with Crippen LogP contribution in [0, 0.1) is 17.0 Å². The maximum absolute atomic E-state index is 11.8. The Kier molecular flexibility index (Phi) is 5.54. The number of thiazole rings is 1. The maximum Gasteiger partial charge on any atom is 0.353 e. The lowest BCUT2D eigenvalue weighted by Gasteiger charge is -2.28. The summed E-state index contributed by atoms with van der Waals surface area (Å²) >= 11 is 1.53. The highest BCUT2D eigenvalue weighted by Gasteiger charge is 2.29. The summed E-state index contributed by atoms with van der Waals surface area (Å²) in [5.74, 6) is 0.699. The summed E-state index contributed by atoms with van der Waals surface area (Å²) in [6.07, 6.45) is 2.81. The second-order valence-electron chi connectivity index (χ2n) is 7.11. The third-order valence-corrected chi connectivity index (χ3v) is 6.01. The molecule has 2 heterocycles. The van der Waals surface area contributed by atoms with Crippen molar-refractivity contribution in [2.45, 2.75) is 51.3 Å². The largest absolute Gasteiger partial charge is 0.391 e.